The van der Waals surface area contributed by atoms with Crippen LogP contribution in [0.5, 0.6) is 11.5 Å². The minimum Gasteiger partial charge on any atom is -0.395 e. The molecule has 2 heterocycles. The molecule has 0 bridgehead atoms. The highest BCUT2D eigenvalue weighted by molar-refractivity contribution is 5.97. The summed E-state index contributed by atoms with van der Waals surface area (Å²) in [5.74, 6) is -0.128. The van der Waals surface area contributed by atoms with E-state index in [1.54, 1.807) is 6.07 Å². The molecular formula is C27H23F2NO4. The van der Waals surface area contributed by atoms with Gasteiger partial charge in [0, 0.05) is 23.2 Å². The predicted octanol–water partition coefficient (Wildman–Crippen LogP) is 5.73. The van der Waals surface area contributed by atoms with E-state index in [2.05, 4.69) is 9.47 Å². The van der Waals surface area contributed by atoms with Gasteiger partial charge in [0.15, 0.2) is 17.3 Å². The highest BCUT2D eigenvalue weighted by atomic mass is 19.3. The van der Waals surface area contributed by atoms with Crippen LogP contribution in [0.3, 0.4) is 0 Å². The van der Waals surface area contributed by atoms with Crippen molar-refractivity contribution in [2.45, 2.75) is 51.7 Å². The Balaban J connectivity index is 1.41. The van der Waals surface area contributed by atoms with Crippen molar-refractivity contribution in [2.24, 2.45) is 0 Å². The van der Waals surface area contributed by atoms with Crippen LogP contribution in [-0.2, 0) is 16.6 Å². The Hall–Kier alpha value is -3.61. The average Bonchev–Trinajstić information content (AvgIpc) is 3.52. The maximum absolute atomic E-state index is 13.4. The van der Waals surface area contributed by atoms with Crippen LogP contribution in [0.2, 0.25) is 0 Å². The third-order valence-electron chi connectivity index (χ3n) is 6.62. The molecule has 5 nitrogen and oxygen atoms in total. The molecular weight excluding hydrogens is 440 g/mol. The summed E-state index contributed by atoms with van der Waals surface area (Å²) in [6.07, 6.45) is -2.30. The van der Waals surface area contributed by atoms with E-state index in [1.165, 1.54) is 19.1 Å². The van der Waals surface area contributed by atoms with Crippen molar-refractivity contribution in [1.82, 2.24) is 4.98 Å². The zero-order chi connectivity index (χ0) is 24.3. The summed E-state index contributed by atoms with van der Waals surface area (Å²) in [5, 5.41) is 0. The van der Waals surface area contributed by atoms with E-state index in [0.717, 1.165) is 22.4 Å². The molecule has 0 saturated heterocycles. The van der Waals surface area contributed by atoms with Gasteiger partial charge in [-0.25, -0.2) is 0 Å². The molecule has 0 N–H and O–H groups in total. The number of benzene rings is 2. The molecule has 0 unspecified atom stereocenters. The van der Waals surface area contributed by atoms with Crippen molar-refractivity contribution in [3.8, 4) is 22.8 Å². The van der Waals surface area contributed by atoms with Crippen molar-refractivity contribution in [1.29, 1.82) is 0 Å². The smallest absolute Gasteiger partial charge is 0.395 e. The van der Waals surface area contributed by atoms with Crippen LogP contribution in [0.4, 0.5) is 8.78 Å². The van der Waals surface area contributed by atoms with Crippen LogP contribution in [0.1, 0.15) is 52.5 Å². The number of nitrogens with zero attached hydrogens (tertiary/aromatic N) is 1. The molecule has 5 rings (SSSR count). The van der Waals surface area contributed by atoms with Gasteiger partial charge in [-0.05, 0) is 74.6 Å². The fourth-order valence-corrected chi connectivity index (χ4v) is 4.54. The van der Waals surface area contributed by atoms with Gasteiger partial charge in [0.2, 0.25) is 0 Å². The van der Waals surface area contributed by atoms with Crippen LogP contribution in [-0.4, -0.2) is 22.8 Å². The lowest BCUT2D eigenvalue weighted by atomic mass is 9.88. The van der Waals surface area contributed by atoms with E-state index >= 15 is 0 Å². The van der Waals surface area contributed by atoms with Crippen molar-refractivity contribution in [2.75, 3.05) is 0 Å². The first-order chi connectivity index (χ1) is 16.1. The largest absolute Gasteiger partial charge is 0.586 e. The van der Waals surface area contributed by atoms with E-state index in [9.17, 15) is 18.4 Å². The molecule has 0 spiro atoms. The number of alkyl halides is 2. The second kappa shape index (κ2) is 7.72. The fraction of sp³-hybridized carbons (Fsp3) is 0.296. The van der Waals surface area contributed by atoms with Gasteiger partial charge in [-0.2, -0.15) is 0 Å². The van der Waals surface area contributed by atoms with E-state index in [1.807, 2.05) is 44.2 Å². The van der Waals surface area contributed by atoms with Crippen LogP contribution in [0.15, 0.2) is 48.5 Å². The first kappa shape index (κ1) is 22.2. The number of carbonyl (C=O) groups excluding carboxylic acids is 2. The van der Waals surface area contributed by atoms with Crippen molar-refractivity contribution >= 4 is 11.6 Å². The van der Waals surface area contributed by atoms with Gasteiger partial charge < -0.3 is 9.47 Å². The number of pyridine rings is 1. The monoisotopic (exact) mass is 463 g/mol. The number of rotatable bonds is 6. The molecule has 2 aliphatic rings. The Bertz CT molecular complexity index is 1340. The summed E-state index contributed by atoms with van der Waals surface area (Å²) < 4.78 is 35.8. The lowest BCUT2D eigenvalue weighted by Gasteiger charge is -2.16. The molecule has 1 saturated carbocycles. The standard InChI is InChI=1S/C27H23F2NO4/c1-15-4-6-18(12-21(15)17(3)31)25-16(2)5-8-20(30-25)14-24(32)26(10-11-26)19-7-9-22-23(13-19)34-27(28,29)33-22/h4-9,12-13H,10-11,14H2,1-3H3. The third-order valence-corrected chi connectivity index (χ3v) is 6.62. The second-order valence-electron chi connectivity index (χ2n) is 9.07. The molecule has 174 valence electrons. The lowest BCUT2D eigenvalue weighted by molar-refractivity contribution is -0.286. The second-order valence-corrected chi connectivity index (χ2v) is 9.07. The molecule has 7 heteroatoms. The van der Waals surface area contributed by atoms with Crippen molar-refractivity contribution in [3.05, 3.63) is 76.5 Å². The van der Waals surface area contributed by atoms with E-state index in [-0.39, 0.29) is 29.5 Å². The summed E-state index contributed by atoms with van der Waals surface area (Å²) in [6, 6.07) is 14.0. The number of aryl methyl sites for hydroxylation is 2. The number of Topliss-reactive ketones (excluding diaryl/α,β-unsaturated/α-hetero) is 2. The van der Waals surface area contributed by atoms with Gasteiger partial charge in [0.05, 0.1) is 11.1 Å². The lowest BCUT2D eigenvalue weighted by Crippen LogP contribution is -2.26. The topological polar surface area (TPSA) is 65.5 Å². The Morgan fingerprint density at radius 2 is 1.65 bits per heavy atom. The number of ketones is 2. The molecule has 34 heavy (non-hydrogen) atoms. The molecule has 2 aromatic carbocycles. The van der Waals surface area contributed by atoms with Crippen LogP contribution in [0, 0.1) is 13.8 Å². The number of fused-ring (bicyclic) bond motifs is 1. The number of ether oxygens (including phenoxy) is 2. The Morgan fingerprint density at radius 3 is 2.35 bits per heavy atom. The summed E-state index contributed by atoms with van der Waals surface area (Å²) in [4.78, 5) is 30.1. The normalized spacial score (nSPS) is 16.9. The van der Waals surface area contributed by atoms with E-state index in [0.29, 0.717) is 29.7 Å². The summed E-state index contributed by atoms with van der Waals surface area (Å²) in [6.45, 7) is 5.36. The molecule has 0 radical (unpaired) electrons. The Morgan fingerprint density at radius 1 is 0.941 bits per heavy atom. The number of carbonyl (C=O) groups is 2. The minimum absolute atomic E-state index is 0.0134. The summed E-state index contributed by atoms with van der Waals surface area (Å²) in [5.41, 5.74) is 4.57. The minimum atomic E-state index is -3.69. The maximum atomic E-state index is 13.4. The highest BCUT2D eigenvalue weighted by Crippen LogP contribution is 2.52. The molecule has 1 aromatic heterocycles. The number of hydrogen-bond acceptors (Lipinski definition) is 5. The third kappa shape index (κ3) is 3.85. The quantitative estimate of drug-likeness (QED) is 0.437. The van der Waals surface area contributed by atoms with Gasteiger partial charge in [-0.15, -0.1) is 8.78 Å². The predicted molar refractivity (Wildman–Crippen MR) is 121 cm³/mol. The summed E-state index contributed by atoms with van der Waals surface area (Å²) >= 11 is 0. The van der Waals surface area contributed by atoms with Gasteiger partial charge >= 0.3 is 6.29 Å². The van der Waals surface area contributed by atoms with Crippen LogP contribution >= 0.6 is 0 Å². The van der Waals surface area contributed by atoms with Gasteiger partial charge in [-0.1, -0.05) is 24.3 Å². The van der Waals surface area contributed by atoms with Crippen molar-refractivity contribution < 1.29 is 27.8 Å². The SMILES string of the molecule is CC(=O)c1cc(-c2nc(CC(=O)C3(c4ccc5c(c4)OC(F)(F)O5)CC3)ccc2C)ccc1C. The van der Waals surface area contributed by atoms with Crippen LogP contribution in [0.25, 0.3) is 11.3 Å². The van der Waals surface area contributed by atoms with Gasteiger partial charge in [-0.3, -0.25) is 14.6 Å². The highest BCUT2D eigenvalue weighted by Gasteiger charge is 2.52. The number of hydrogen-bond donors (Lipinski definition) is 0. The number of halogens is 2. The molecule has 3 aromatic rings. The van der Waals surface area contributed by atoms with E-state index in [4.69, 9.17) is 4.98 Å². The molecule has 1 aliphatic carbocycles. The Kier molecular flexibility index (Phi) is 5.04. The number of aromatic nitrogens is 1. The zero-order valence-electron chi connectivity index (χ0n) is 19.1. The maximum Gasteiger partial charge on any atom is 0.586 e. The molecule has 0 amide bonds. The van der Waals surface area contributed by atoms with Crippen LogP contribution < -0.4 is 9.47 Å². The summed E-state index contributed by atoms with van der Waals surface area (Å²) in [7, 11) is 0. The average molecular weight is 463 g/mol. The van der Waals surface area contributed by atoms with Gasteiger partial charge in [0.25, 0.3) is 0 Å². The van der Waals surface area contributed by atoms with E-state index < -0.39 is 11.7 Å². The van der Waals surface area contributed by atoms with Gasteiger partial charge in [0.1, 0.15) is 5.78 Å². The molecule has 0 atom stereocenters. The first-order valence-electron chi connectivity index (χ1n) is 11.1. The Labute approximate surface area is 195 Å². The molecule has 1 fully saturated rings. The zero-order valence-corrected chi connectivity index (χ0v) is 19.1. The van der Waals surface area contributed by atoms with Crippen molar-refractivity contribution in [3.63, 3.8) is 0 Å². The fourth-order valence-electron chi connectivity index (χ4n) is 4.54. The first-order valence-corrected chi connectivity index (χ1v) is 11.1. The molecule has 1 aliphatic heterocycles.